The van der Waals surface area contributed by atoms with Crippen molar-refractivity contribution < 1.29 is 4.74 Å². The molecule has 1 aromatic heterocycles. The molecule has 1 aliphatic heterocycles. The standard InChI is InChI=1S/C11H16BrNOS/c1-8(10-4-5-11(12)15-10)13-7-9-3-2-6-14-9/h4-5,8-9,13H,2-3,6-7H2,1H3/t8-,9+/m1/s1. The van der Waals surface area contributed by atoms with E-state index in [-0.39, 0.29) is 0 Å². The van der Waals surface area contributed by atoms with Crippen LogP contribution in [0.2, 0.25) is 0 Å². The topological polar surface area (TPSA) is 21.3 Å². The zero-order valence-electron chi connectivity index (χ0n) is 8.83. The van der Waals surface area contributed by atoms with Gasteiger partial charge in [-0.2, -0.15) is 0 Å². The lowest BCUT2D eigenvalue weighted by molar-refractivity contribution is 0.108. The van der Waals surface area contributed by atoms with Gasteiger partial charge in [-0.3, -0.25) is 0 Å². The maximum atomic E-state index is 5.58. The third kappa shape index (κ3) is 3.28. The van der Waals surface area contributed by atoms with Gasteiger partial charge in [-0.15, -0.1) is 11.3 Å². The van der Waals surface area contributed by atoms with Gasteiger partial charge in [0, 0.05) is 24.1 Å². The molecule has 84 valence electrons. The maximum absolute atomic E-state index is 5.58. The number of rotatable bonds is 4. The minimum Gasteiger partial charge on any atom is -0.377 e. The summed E-state index contributed by atoms with van der Waals surface area (Å²) < 4.78 is 6.77. The summed E-state index contributed by atoms with van der Waals surface area (Å²) in [5, 5.41) is 3.52. The molecular formula is C11H16BrNOS. The zero-order chi connectivity index (χ0) is 10.7. The molecule has 0 radical (unpaired) electrons. The third-order valence-electron chi connectivity index (χ3n) is 2.70. The van der Waals surface area contributed by atoms with Gasteiger partial charge in [0.2, 0.25) is 0 Å². The van der Waals surface area contributed by atoms with Crippen molar-refractivity contribution in [2.75, 3.05) is 13.2 Å². The Morgan fingerprint density at radius 3 is 3.13 bits per heavy atom. The molecule has 1 aromatic rings. The fraction of sp³-hybridized carbons (Fsp3) is 0.636. The van der Waals surface area contributed by atoms with E-state index >= 15 is 0 Å². The van der Waals surface area contributed by atoms with E-state index in [9.17, 15) is 0 Å². The highest BCUT2D eigenvalue weighted by Gasteiger charge is 2.16. The molecule has 2 rings (SSSR count). The average molecular weight is 290 g/mol. The first-order valence-corrected chi connectivity index (χ1v) is 6.97. The summed E-state index contributed by atoms with van der Waals surface area (Å²) in [5.74, 6) is 0. The first kappa shape index (κ1) is 11.6. The lowest BCUT2D eigenvalue weighted by atomic mass is 10.2. The Bertz CT molecular complexity index is 309. The van der Waals surface area contributed by atoms with Crippen LogP contribution in [0.5, 0.6) is 0 Å². The summed E-state index contributed by atoms with van der Waals surface area (Å²) in [6.45, 7) is 4.11. The predicted octanol–water partition coefficient (Wildman–Crippen LogP) is 3.34. The second-order valence-corrected chi connectivity index (χ2v) is 6.40. The Kier molecular flexibility index (Phi) is 4.20. The predicted molar refractivity (Wildman–Crippen MR) is 67.4 cm³/mol. The number of ether oxygens (including phenoxy) is 1. The molecule has 1 N–H and O–H groups in total. The molecule has 4 heteroatoms. The van der Waals surface area contributed by atoms with Gasteiger partial charge in [-0.25, -0.2) is 0 Å². The van der Waals surface area contributed by atoms with E-state index in [1.54, 1.807) is 11.3 Å². The molecule has 0 aromatic carbocycles. The van der Waals surface area contributed by atoms with Gasteiger partial charge in [0.25, 0.3) is 0 Å². The van der Waals surface area contributed by atoms with Crippen molar-refractivity contribution in [1.29, 1.82) is 0 Å². The average Bonchev–Trinajstić information content (AvgIpc) is 2.84. The summed E-state index contributed by atoms with van der Waals surface area (Å²) in [5.41, 5.74) is 0. The monoisotopic (exact) mass is 289 g/mol. The van der Waals surface area contributed by atoms with Crippen molar-refractivity contribution in [2.45, 2.75) is 31.9 Å². The van der Waals surface area contributed by atoms with Crippen LogP contribution in [0, 0.1) is 0 Å². The van der Waals surface area contributed by atoms with Crippen LogP contribution in [-0.4, -0.2) is 19.3 Å². The minimum atomic E-state index is 0.422. The quantitative estimate of drug-likeness (QED) is 0.918. The molecule has 0 saturated carbocycles. The number of nitrogens with one attached hydrogen (secondary N) is 1. The number of thiophene rings is 1. The second kappa shape index (κ2) is 5.43. The third-order valence-corrected chi connectivity index (χ3v) is 4.50. The first-order chi connectivity index (χ1) is 7.25. The van der Waals surface area contributed by atoms with Gasteiger partial charge in [-0.1, -0.05) is 0 Å². The van der Waals surface area contributed by atoms with Gasteiger partial charge in [0.1, 0.15) is 0 Å². The van der Waals surface area contributed by atoms with Gasteiger partial charge >= 0.3 is 0 Å². The Hall–Kier alpha value is 0.1000. The van der Waals surface area contributed by atoms with Crippen LogP contribution in [0.25, 0.3) is 0 Å². The highest BCUT2D eigenvalue weighted by molar-refractivity contribution is 9.11. The Morgan fingerprint density at radius 1 is 1.67 bits per heavy atom. The Labute approximate surface area is 103 Å². The van der Waals surface area contributed by atoms with Crippen LogP contribution in [0.3, 0.4) is 0 Å². The van der Waals surface area contributed by atoms with Crippen LogP contribution in [-0.2, 0) is 4.74 Å². The maximum Gasteiger partial charge on any atom is 0.0701 e. The Balaban J connectivity index is 1.79. The van der Waals surface area contributed by atoms with E-state index in [0.29, 0.717) is 12.1 Å². The molecule has 0 aliphatic carbocycles. The number of hydrogen-bond donors (Lipinski definition) is 1. The minimum absolute atomic E-state index is 0.422. The van der Waals surface area contributed by atoms with Gasteiger partial charge in [0.15, 0.2) is 0 Å². The van der Waals surface area contributed by atoms with Gasteiger partial charge < -0.3 is 10.1 Å². The molecule has 2 nitrogen and oxygen atoms in total. The highest BCUT2D eigenvalue weighted by Crippen LogP contribution is 2.27. The fourth-order valence-corrected chi connectivity index (χ4v) is 3.23. The summed E-state index contributed by atoms with van der Waals surface area (Å²) in [6.07, 6.45) is 2.84. The lowest BCUT2D eigenvalue weighted by Crippen LogP contribution is -2.28. The van der Waals surface area contributed by atoms with Crippen molar-refractivity contribution in [1.82, 2.24) is 5.32 Å². The normalized spacial score (nSPS) is 23.2. The molecule has 2 atom stereocenters. The summed E-state index contributed by atoms with van der Waals surface area (Å²) in [7, 11) is 0. The van der Waals surface area contributed by atoms with E-state index < -0.39 is 0 Å². The van der Waals surface area contributed by atoms with Crippen LogP contribution in [0.1, 0.15) is 30.7 Å². The van der Waals surface area contributed by atoms with Gasteiger partial charge in [-0.05, 0) is 47.8 Å². The summed E-state index contributed by atoms with van der Waals surface area (Å²) in [4.78, 5) is 1.37. The first-order valence-electron chi connectivity index (χ1n) is 5.36. The molecule has 0 bridgehead atoms. The highest BCUT2D eigenvalue weighted by atomic mass is 79.9. The van der Waals surface area contributed by atoms with E-state index in [0.717, 1.165) is 13.2 Å². The Morgan fingerprint density at radius 2 is 2.53 bits per heavy atom. The van der Waals surface area contributed by atoms with Crippen molar-refractivity contribution in [3.63, 3.8) is 0 Å². The van der Waals surface area contributed by atoms with Crippen molar-refractivity contribution >= 4 is 27.3 Å². The van der Waals surface area contributed by atoms with E-state index in [1.807, 2.05) is 0 Å². The van der Waals surface area contributed by atoms with Crippen LogP contribution < -0.4 is 5.32 Å². The lowest BCUT2D eigenvalue weighted by Gasteiger charge is -2.15. The van der Waals surface area contributed by atoms with Crippen molar-refractivity contribution in [2.24, 2.45) is 0 Å². The van der Waals surface area contributed by atoms with Crippen LogP contribution in [0.15, 0.2) is 15.9 Å². The summed E-state index contributed by atoms with van der Waals surface area (Å²) >= 11 is 5.28. The van der Waals surface area contributed by atoms with Crippen LogP contribution in [0.4, 0.5) is 0 Å². The largest absolute Gasteiger partial charge is 0.377 e. The van der Waals surface area contributed by atoms with Gasteiger partial charge in [0.05, 0.1) is 9.89 Å². The molecule has 0 spiro atoms. The molecule has 2 heterocycles. The van der Waals surface area contributed by atoms with Crippen LogP contribution >= 0.6 is 27.3 Å². The zero-order valence-corrected chi connectivity index (χ0v) is 11.2. The number of hydrogen-bond acceptors (Lipinski definition) is 3. The van der Waals surface area contributed by atoms with Crippen molar-refractivity contribution in [3.05, 3.63) is 20.8 Å². The molecule has 0 unspecified atom stereocenters. The molecule has 1 aliphatic rings. The smallest absolute Gasteiger partial charge is 0.0701 e. The fourth-order valence-electron chi connectivity index (χ4n) is 1.78. The molecule has 1 fully saturated rings. The van der Waals surface area contributed by atoms with E-state index in [2.05, 4.69) is 40.3 Å². The summed E-state index contributed by atoms with van der Waals surface area (Å²) in [6, 6.07) is 4.69. The van der Waals surface area contributed by atoms with Crippen molar-refractivity contribution in [3.8, 4) is 0 Å². The molecule has 15 heavy (non-hydrogen) atoms. The second-order valence-electron chi connectivity index (χ2n) is 3.91. The SMILES string of the molecule is C[C@@H](NC[C@@H]1CCCO1)c1ccc(Br)s1. The molecular weight excluding hydrogens is 274 g/mol. The van der Waals surface area contributed by atoms with E-state index in [4.69, 9.17) is 4.74 Å². The number of halogens is 1. The van der Waals surface area contributed by atoms with E-state index in [1.165, 1.54) is 21.5 Å². The molecule has 0 amide bonds. The molecule has 1 saturated heterocycles.